The second-order valence-corrected chi connectivity index (χ2v) is 16.2. The van der Waals surface area contributed by atoms with Crippen LogP contribution in [-0.2, 0) is 38.1 Å². The van der Waals surface area contributed by atoms with Crippen LogP contribution in [0.4, 0.5) is 0 Å². The highest BCUT2D eigenvalue weighted by Crippen LogP contribution is 2.28. The molecule has 0 saturated heterocycles. The Kier molecular flexibility index (Phi) is 19.0. The number of hydrogen-bond acceptors (Lipinski definition) is 9. The molecular weight excluding hydrogens is 634 g/mol. The fraction of sp³-hybridized carbons (Fsp3) is 0.902. The zero-order valence-electron chi connectivity index (χ0n) is 31.4. The fourth-order valence-electron chi connectivity index (χ4n) is 8.52. The third-order valence-corrected chi connectivity index (χ3v) is 11.9. The maximum atomic E-state index is 13.2. The largest absolute Gasteiger partial charge is 0.465 e. The Morgan fingerprint density at radius 3 is 0.920 bits per heavy atom. The van der Waals surface area contributed by atoms with E-state index in [0.29, 0.717) is 88.9 Å². The predicted molar refractivity (Wildman–Crippen MR) is 193 cm³/mol. The summed E-state index contributed by atoms with van der Waals surface area (Å²) in [7, 11) is 2.00. The first-order valence-electron chi connectivity index (χ1n) is 20.7. The molecule has 50 heavy (non-hydrogen) atoms. The monoisotopic (exact) mass is 704 g/mol. The molecule has 0 aromatic heterocycles. The van der Waals surface area contributed by atoms with E-state index in [1.54, 1.807) is 0 Å². The second-order valence-electron chi connectivity index (χ2n) is 16.2. The Bertz CT molecular complexity index is 849. The standard InChI is InChI=1S/C41H69NO8/c1-42(26-14-24-36(38(43)47-28-32-16-6-2-7-17-32)39(44)48-29-33-18-8-3-9-19-33)27-15-25-37(40(45)49-30-34-20-10-4-11-21-34)41(46)50-31-35-22-12-5-13-23-35/h32-37H,2-31H2,1H3. The Morgan fingerprint density at radius 1 is 0.440 bits per heavy atom. The summed E-state index contributed by atoms with van der Waals surface area (Å²) in [4.78, 5) is 55.0. The average Bonchev–Trinajstić information content (AvgIpc) is 3.16. The molecule has 4 rings (SSSR count). The van der Waals surface area contributed by atoms with Crippen molar-refractivity contribution < 1.29 is 38.1 Å². The van der Waals surface area contributed by atoms with Crippen molar-refractivity contribution in [3.63, 3.8) is 0 Å². The number of rotatable bonds is 20. The number of carbonyl (C=O) groups excluding carboxylic acids is 4. The molecule has 0 atom stereocenters. The first kappa shape index (κ1) is 40.6. The molecule has 0 amide bonds. The minimum absolute atomic E-state index is 0.376. The molecule has 9 heteroatoms. The van der Waals surface area contributed by atoms with Crippen molar-refractivity contribution in [3.8, 4) is 0 Å². The summed E-state index contributed by atoms with van der Waals surface area (Å²) < 4.78 is 22.9. The van der Waals surface area contributed by atoms with Gasteiger partial charge in [-0.3, -0.25) is 19.2 Å². The quantitative estimate of drug-likeness (QED) is 0.0704. The van der Waals surface area contributed by atoms with Gasteiger partial charge in [-0.25, -0.2) is 0 Å². The zero-order chi connectivity index (χ0) is 35.4. The van der Waals surface area contributed by atoms with E-state index in [4.69, 9.17) is 18.9 Å². The van der Waals surface area contributed by atoms with E-state index < -0.39 is 35.7 Å². The molecule has 0 radical (unpaired) electrons. The lowest BCUT2D eigenvalue weighted by atomic mass is 9.90. The molecule has 0 spiro atoms. The van der Waals surface area contributed by atoms with Crippen LogP contribution in [0.15, 0.2) is 0 Å². The third-order valence-electron chi connectivity index (χ3n) is 11.9. The van der Waals surface area contributed by atoms with Crippen molar-refractivity contribution in [2.45, 2.75) is 154 Å². The molecule has 4 saturated carbocycles. The van der Waals surface area contributed by atoms with Gasteiger partial charge in [0.1, 0.15) is 0 Å². The van der Waals surface area contributed by atoms with Crippen LogP contribution >= 0.6 is 0 Å². The minimum Gasteiger partial charge on any atom is -0.465 e. The Hall–Kier alpha value is -2.16. The summed E-state index contributed by atoms with van der Waals surface area (Å²) in [5.74, 6) is -2.07. The van der Waals surface area contributed by atoms with Gasteiger partial charge >= 0.3 is 23.9 Å². The molecule has 0 N–H and O–H groups in total. The molecule has 0 bridgehead atoms. The highest BCUT2D eigenvalue weighted by atomic mass is 16.6. The van der Waals surface area contributed by atoms with E-state index in [1.165, 1.54) is 77.0 Å². The van der Waals surface area contributed by atoms with E-state index in [0.717, 1.165) is 51.4 Å². The highest BCUT2D eigenvalue weighted by Gasteiger charge is 2.33. The molecule has 0 aromatic carbocycles. The number of ether oxygens (including phenoxy) is 4. The summed E-state index contributed by atoms with van der Waals surface area (Å²) in [6, 6.07) is 0. The number of hydrogen-bond donors (Lipinski definition) is 0. The summed E-state index contributed by atoms with van der Waals surface area (Å²) in [5.41, 5.74) is 0. The molecule has 4 fully saturated rings. The van der Waals surface area contributed by atoms with Crippen molar-refractivity contribution >= 4 is 23.9 Å². The normalized spacial score (nSPS) is 20.2. The molecule has 4 aliphatic rings. The minimum atomic E-state index is -0.905. The summed E-state index contributed by atoms with van der Waals surface area (Å²) in [5, 5.41) is 0. The molecule has 0 aromatic rings. The van der Waals surface area contributed by atoms with Crippen LogP contribution in [0.5, 0.6) is 0 Å². The van der Waals surface area contributed by atoms with Crippen LogP contribution in [0.3, 0.4) is 0 Å². The predicted octanol–water partition coefficient (Wildman–Crippen LogP) is 8.21. The molecular formula is C41H69NO8. The van der Waals surface area contributed by atoms with Crippen molar-refractivity contribution in [2.24, 2.45) is 35.5 Å². The van der Waals surface area contributed by atoms with Crippen molar-refractivity contribution in [1.82, 2.24) is 4.90 Å². The van der Waals surface area contributed by atoms with Gasteiger partial charge in [-0.05, 0) is 121 Å². The van der Waals surface area contributed by atoms with Crippen LogP contribution in [-0.4, -0.2) is 75.3 Å². The zero-order valence-corrected chi connectivity index (χ0v) is 31.4. The molecule has 4 aliphatic carbocycles. The molecule has 9 nitrogen and oxygen atoms in total. The average molecular weight is 704 g/mol. The van der Waals surface area contributed by atoms with E-state index in [-0.39, 0.29) is 0 Å². The Labute approximate surface area is 302 Å². The van der Waals surface area contributed by atoms with E-state index in [2.05, 4.69) is 4.90 Å². The van der Waals surface area contributed by atoms with E-state index >= 15 is 0 Å². The van der Waals surface area contributed by atoms with Crippen LogP contribution in [0, 0.1) is 35.5 Å². The SMILES string of the molecule is CN(CCCC(C(=O)OCC1CCCCC1)C(=O)OCC1CCCCC1)CCCC(C(=O)OCC1CCCCC1)C(=O)OCC1CCCCC1. The van der Waals surface area contributed by atoms with Gasteiger partial charge in [0.15, 0.2) is 11.8 Å². The lowest BCUT2D eigenvalue weighted by molar-refractivity contribution is -0.166. The van der Waals surface area contributed by atoms with Gasteiger partial charge in [-0.2, -0.15) is 0 Å². The Balaban J connectivity index is 1.23. The van der Waals surface area contributed by atoms with Gasteiger partial charge < -0.3 is 23.8 Å². The van der Waals surface area contributed by atoms with Crippen LogP contribution in [0.2, 0.25) is 0 Å². The summed E-state index contributed by atoms with van der Waals surface area (Å²) >= 11 is 0. The van der Waals surface area contributed by atoms with Crippen LogP contribution < -0.4 is 0 Å². The van der Waals surface area contributed by atoms with Gasteiger partial charge in [0.2, 0.25) is 0 Å². The number of nitrogens with zero attached hydrogens (tertiary/aromatic N) is 1. The fourth-order valence-corrected chi connectivity index (χ4v) is 8.52. The number of carbonyl (C=O) groups is 4. The first-order valence-corrected chi connectivity index (χ1v) is 20.7. The molecule has 0 unspecified atom stereocenters. The summed E-state index contributed by atoms with van der Waals surface area (Å²) in [6.45, 7) is 2.89. The lowest BCUT2D eigenvalue weighted by Crippen LogP contribution is -2.33. The smallest absolute Gasteiger partial charge is 0.320 e. The van der Waals surface area contributed by atoms with Gasteiger partial charge in [-0.15, -0.1) is 0 Å². The maximum absolute atomic E-state index is 13.2. The van der Waals surface area contributed by atoms with E-state index in [9.17, 15) is 19.2 Å². The Morgan fingerprint density at radius 2 is 0.680 bits per heavy atom. The first-order chi connectivity index (χ1) is 24.4. The van der Waals surface area contributed by atoms with Crippen molar-refractivity contribution in [3.05, 3.63) is 0 Å². The maximum Gasteiger partial charge on any atom is 0.320 e. The molecule has 0 heterocycles. The molecule has 0 aliphatic heterocycles. The highest BCUT2D eigenvalue weighted by molar-refractivity contribution is 5.95. The topological polar surface area (TPSA) is 108 Å². The van der Waals surface area contributed by atoms with Gasteiger partial charge in [0.25, 0.3) is 0 Å². The van der Waals surface area contributed by atoms with Gasteiger partial charge in [-0.1, -0.05) is 77.0 Å². The van der Waals surface area contributed by atoms with Crippen molar-refractivity contribution in [1.29, 1.82) is 0 Å². The lowest BCUT2D eigenvalue weighted by Gasteiger charge is -2.25. The van der Waals surface area contributed by atoms with Gasteiger partial charge in [0.05, 0.1) is 26.4 Å². The third kappa shape index (κ3) is 15.2. The molecule has 286 valence electrons. The van der Waals surface area contributed by atoms with Crippen LogP contribution in [0.25, 0.3) is 0 Å². The second kappa shape index (κ2) is 23.4. The number of esters is 4. The van der Waals surface area contributed by atoms with Crippen LogP contribution in [0.1, 0.15) is 154 Å². The van der Waals surface area contributed by atoms with Gasteiger partial charge in [0, 0.05) is 0 Å². The van der Waals surface area contributed by atoms with Crippen molar-refractivity contribution in [2.75, 3.05) is 46.6 Å². The van der Waals surface area contributed by atoms with E-state index in [1.807, 2.05) is 7.05 Å². The summed E-state index contributed by atoms with van der Waals surface area (Å²) in [6.07, 6.45) is 25.0.